The maximum Gasteiger partial charge on any atom is 0.226 e. The minimum absolute atomic E-state index is 0.0180. The average molecular weight is 476 g/mol. The minimum Gasteiger partial charge on any atom is -0.352 e. The van der Waals surface area contributed by atoms with Crippen molar-refractivity contribution >= 4 is 28.9 Å². The van der Waals surface area contributed by atoms with Crippen molar-refractivity contribution in [3.05, 3.63) is 82.4 Å². The molecule has 2 aromatic heterocycles. The van der Waals surface area contributed by atoms with E-state index < -0.39 is 0 Å². The van der Waals surface area contributed by atoms with Gasteiger partial charge in [-0.15, -0.1) is 0 Å². The van der Waals surface area contributed by atoms with E-state index in [1.54, 1.807) is 0 Å². The molecule has 178 valence electrons. The summed E-state index contributed by atoms with van der Waals surface area (Å²) in [6, 6.07) is 14.2. The highest BCUT2D eigenvalue weighted by molar-refractivity contribution is 7.80. The van der Waals surface area contributed by atoms with Gasteiger partial charge in [0, 0.05) is 42.8 Å². The molecule has 1 amide bonds. The van der Waals surface area contributed by atoms with E-state index in [0.29, 0.717) is 18.1 Å². The Morgan fingerprint density at radius 2 is 1.94 bits per heavy atom. The zero-order valence-electron chi connectivity index (χ0n) is 20.6. The summed E-state index contributed by atoms with van der Waals surface area (Å²) >= 11 is 5.77. The molecule has 3 aromatic rings. The summed E-state index contributed by atoms with van der Waals surface area (Å²) in [6.45, 7) is 11.9. The zero-order valence-corrected chi connectivity index (χ0v) is 21.4. The molecular weight excluding hydrogens is 442 g/mol. The molecule has 2 N–H and O–H groups in total. The number of rotatable bonds is 7. The van der Waals surface area contributed by atoms with Gasteiger partial charge in [-0.3, -0.25) is 9.78 Å². The maximum absolute atomic E-state index is 12.9. The van der Waals surface area contributed by atoms with Crippen LogP contribution in [-0.4, -0.2) is 32.0 Å². The molecule has 3 heterocycles. The SMILES string of the molecule is CCn1c(C)cc([C@@H]2[C@@H](c3ccccn3)NC(=S)N2CCC(=O)Nc2cc(C)ccc2C)c1C. The lowest BCUT2D eigenvalue weighted by atomic mass is 9.96. The van der Waals surface area contributed by atoms with E-state index >= 15 is 0 Å². The fraction of sp³-hybridized carbons (Fsp3) is 0.370. The Labute approximate surface area is 207 Å². The molecule has 7 heteroatoms. The number of benzene rings is 1. The number of aromatic nitrogens is 2. The Morgan fingerprint density at radius 3 is 2.62 bits per heavy atom. The highest BCUT2D eigenvalue weighted by Gasteiger charge is 2.41. The molecule has 2 atom stereocenters. The lowest BCUT2D eigenvalue weighted by molar-refractivity contribution is -0.116. The molecule has 0 bridgehead atoms. The van der Waals surface area contributed by atoms with Crippen molar-refractivity contribution in [2.75, 3.05) is 11.9 Å². The first-order valence-electron chi connectivity index (χ1n) is 11.8. The van der Waals surface area contributed by atoms with Crippen LogP contribution < -0.4 is 10.6 Å². The number of nitrogens with one attached hydrogen (secondary N) is 2. The van der Waals surface area contributed by atoms with Gasteiger partial charge in [0.1, 0.15) is 0 Å². The van der Waals surface area contributed by atoms with E-state index in [0.717, 1.165) is 29.1 Å². The van der Waals surface area contributed by atoms with Crippen molar-refractivity contribution in [1.29, 1.82) is 0 Å². The molecule has 0 aliphatic carbocycles. The van der Waals surface area contributed by atoms with Crippen LogP contribution in [-0.2, 0) is 11.3 Å². The third-order valence-electron chi connectivity index (χ3n) is 6.69. The van der Waals surface area contributed by atoms with Gasteiger partial charge < -0.3 is 20.1 Å². The maximum atomic E-state index is 12.9. The van der Waals surface area contributed by atoms with E-state index in [-0.39, 0.29) is 18.0 Å². The Kier molecular flexibility index (Phi) is 7.03. The Balaban J connectivity index is 1.60. The molecule has 34 heavy (non-hydrogen) atoms. The average Bonchev–Trinajstić information content (AvgIpc) is 3.29. The van der Waals surface area contributed by atoms with E-state index in [4.69, 9.17) is 12.2 Å². The number of nitrogens with zero attached hydrogens (tertiary/aromatic N) is 3. The monoisotopic (exact) mass is 475 g/mol. The molecule has 0 saturated carbocycles. The van der Waals surface area contributed by atoms with E-state index in [1.165, 1.54) is 17.0 Å². The molecule has 4 rings (SSSR count). The number of carbonyl (C=O) groups is 1. The normalized spacial score (nSPS) is 17.7. The van der Waals surface area contributed by atoms with Crippen LogP contribution in [0.3, 0.4) is 0 Å². The molecule has 0 spiro atoms. The van der Waals surface area contributed by atoms with Crippen LogP contribution in [0.15, 0.2) is 48.7 Å². The predicted octanol–water partition coefficient (Wildman–Crippen LogP) is 5.14. The highest BCUT2D eigenvalue weighted by Crippen LogP contribution is 2.40. The second-order valence-corrected chi connectivity index (χ2v) is 9.39. The predicted molar refractivity (Wildman–Crippen MR) is 141 cm³/mol. The summed E-state index contributed by atoms with van der Waals surface area (Å²) in [5.74, 6) is -0.0180. The lowest BCUT2D eigenvalue weighted by Crippen LogP contribution is -2.33. The van der Waals surface area contributed by atoms with Crippen molar-refractivity contribution in [3.8, 4) is 0 Å². The molecule has 1 saturated heterocycles. The van der Waals surface area contributed by atoms with Gasteiger partial charge in [-0.25, -0.2) is 0 Å². The summed E-state index contributed by atoms with van der Waals surface area (Å²) in [4.78, 5) is 19.7. The highest BCUT2D eigenvalue weighted by atomic mass is 32.1. The first-order chi connectivity index (χ1) is 16.3. The number of carbonyl (C=O) groups excluding carboxylic acids is 1. The van der Waals surface area contributed by atoms with Gasteiger partial charge in [0.2, 0.25) is 5.91 Å². The number of hydrogen-bond acceptors (Lipinski definition) is 3. The van der Waals surface area contributed by atoms with Crippen molar-refractivity contribution in [1.82, 2.24) is 19.8 Å². The molecule has 1 aliphatic rings. The summed E-state index contributed by atoms with van der Waals surface area (Å²) in [7, 11) is 0. The smallest absolute Gasteiger partial charge is 0.226 e. The van der Waals surface area contributed by atoms with Crippen molar-refractivity contribution in [3.63, 3.8) is 0 Å². The summed E-state index contributed by atoms with van der Waals surface area (Å²) < 4.78 is 2.32. The fourth-order valence-electron chi connectivity index (χ4n) is 4.90. The third kappa shape index (κ3) is 4.71. The number of pyridine rings is 1. The molecule has 1 fully saturated rings. The van der Waals surface area contributed by atoms with Crippen LogP contribution in [0, 0.1) is 27.7 Å². The second kappa shape index (κ2) is 9.97. The van der Waals surface area contributed by atoms with Crippen LogP contribution >= 0.6 is 12.2 Å². The van der Waals surface area contributed by atoms with Gasteiger partial charge in [-0.2, -0.15) is 0 Å². The Morgan fingerprint density at radius 1 is 1.15 bits per heavy atom. The fourth-order valence-corrected chi connectivity index (χ4v) is 5.24. The van der Waals surface area contributed by atoms with E-state index in [1.807, 2.05) is 50.4 Å². The number of amides is 1. The topological polar surface area (TPSA) is 62.2 Å². The molecule has 1 aromatic carbocycles. The van der Waals surface area contributed by atoms with Crippen molar-refractivity contribution in [2.45, 2.75) is 59.7 Å². The summed E-state index contributed by atoms with van der Waals surface area (Å²) in [6.07, 6.45) is 2.15. The Bertz CT molecular complexity index is 1200. The van der Waals surface area contributed by atoms with Gasteiger partial charge in [0.05, 0.1) is 17.8 Å². The van der Waals surface area contributed by atoms with E-state index in [2.05, 4.69) is 58.0 Å². The molecule has 6 nitrogen and oxygen atoms in total. The molecule has 0 radical (unpaired) electrons. The zero-order chi connectivity index (χ0) is 24.4. The van der Waals surface area contributed by atoms with Crippen molar-refractivity contribution in [2.24, 2.45) is 0 Å². The van der Waals surface area contributed by atoms with Crippen LogP contribution in [0.5, 0.6) is 0 Å². The van der Waals surface area contributed by atoms with Crippen molar-refractivity contribution < 1.29 is 4.79 Å². The second-order valence-electron chi connectivity index (χ2n) is 9.01. The first-order valence-corrected chi connectivity index (χ1v) is 12.2. The number of thiocarbonyl (C=S) groups is 1. The Hall–Kier alpha value is -3.19. The number of hydrogen-bond donors (Lipinski definition) is 2. The minimum atomic E-state index is -0.0819. The number of anilines is 1. The van der Waals surface area contributed by atoms with Gasteiger partial charge in [-0.05, 0) is 87.8 Å². The largest absolute Gasteiger partial charge is 0.352 e. The quantitative estimate of drug-likeness (QED) is 0.464. The lowest BCUT2D eigenvalue weighted by Gasteiger charge is -2.28. The van der Waals surface area contributed by atoms with Gasteiger partial charge in [0.25, 0.3) is 0 Å². The first kappa shape index (κ1) is 24.0. The van der Waals surface area contributed by atoms with Crippen LogP contribution in [0.1, 0.15) is 59.2 Å². The number of aryl methyl sites for hydroxylation is 3. The summed E-state index contributed by atoms with van der Waals surface area (Å²) in [5.41, 5.74) is 7.65. The van der Waals surface area contributed by atoms with E-state index in [9.17, 15) is 4.79 Å². The molecular formula is C27H33N5OS. The third-order valence-corrected chi connectivity index (χ3v) is 7.04. The van der Waals surface area contributed by atoms with Gasteiger partial charge in [0.15, 0.2) is 5.11 Å². The van der Waals surface area contributed by atoms with Crippen LogP contribution in [0.2, 0.25) is 0 Å². The standard InChI is InChI=1S/C27H33N5OS/c1-6-31-19(4)16-21(20(31)5)26-25(22-9-7-8-13-28-22)30-27(34)32(26)14-12-24(33)29-23-15-17(2)10-11-18(23)3/h7-11,13,15-16,25-26H,6,12,14H2,1-5H3,(H,29,33)(H,30,34)/t25-,26-/m1/s1. The van der Waals surface area contributed by atoms with Crippen LogP contribution in [0.4, 0.5) is 5.69 Å². The van der Waals surface area contributed by atoms with Crippen LogP contribution in [0.25, 0.3) is 0 Å². The summed E-state index contributed by atoms with van der Waals surface area (Å²) in [5, 5.41) is 7.22. The van der Waals surface area contributed by atoms with Gasteiger partial charge in [-0.1, -0.05) is 18.2 Å². The van der Waals surface area contributed by atoms with Gasteiger partial charge >= 0.3 is 0 Å². The molecule has 1 aliphatic heterocycles. The molecule has 0 unspecified atom stereocenters.